The van der Waals surface area contributed by atoms with Crippen molar-refractivity contribution in [3.63, 3.8) is 0 Å². The number of aromatic nitrogens is 2. The molecule has 0 saturated carbocycles. The first-order chi connectivity index (χ1) is 18.4. The Hall–Kier alpha value is -3.79. The lowest BCUT2D eigenvalue weighted by molar-refractivity contribution is -0.128. The number of nitrogens with zero attached hydrogens (tertiary/aromatic N) is 4. The van der Waals surface area contributed by atoms with Crippen molar-refractivity contribution in [3.05, 3.63) is 53.1 Å². The van der Waals surface area contributed by atoms with Gasteiger partial charge < -0.3 is 25.2 Å². The van der Waals surface area contributed by atoms with Gasteiger partial charge in [0.05, 0.1) is 24.1 Å². The molecule has 0 radical (unpaired) electrons. The van der Waals surface area contributed by atoms with E-state index in [1.165, 1.54) is 0 Å². The summed E-state index contributed by atoms with van der Waals surface area (Å²) in [6, 6.07) is 5.93. The van der Waals surface area contributed by atoms with Crippen molar-refractivity contribution in [1.29, 1.82) is 5.41 Å². The molecular weight excluding hydrogens is 482 g/mol. The first-order valence-electron chi connectivity index (χ1n) is 13.3. The summed E-state index contributed by atoms with van der Waals surface area (Å²) in [5, 5.41) is 15.6. The second-order valence-corrected chi connectivity index (χ2v) is 9.99. The van der Waals surface area contributed by atoms with E-state index in [2.05, 4.69) is 21.7 Å². The maximum absolute atomic E-state index is 12.2. The van der Waals surface area contributed by atoms with E-state index >= 15 is 0 Å². The fourth-order valence-electron chi connectivity index (χ4n) is 5.34. The Morgan fingerprint density at radius 3 is 2.63 bits per heavy atom. The van der Waals surface area contributed by atoms with E-state index in [1.807, 2.05) is 22.1 Å². The number of amidine groups is 1. The number of carbonyl (C=O) groups excluding carboxylic acids is 2. The number of amides is 2. The minimum atomic E-state index is -0.227. The maximum Gasteiger partial charge on any atom is 0.269 e. The molecule has 10 nitrogen and oxygen atoms in total. The predicted octanol–water partition coefficient (Wildman–Crippen LogP) is 2.51. The quantitative estimate of drug-likeness (QED) is 0.411. The van der Waals surface area contributed by atoms with Crippen molar-refractivity contribution in [1.82, 2.24) is 25.5 Å². The van der Waals surface area contributed by atoms with Gasteiger partial charge >= 0.3 is 0 Å². The number of fused-ring (bicyclic) bond motifs is 1. The number of pyridine rings is 2. The van der Waals surface area contributed by atoms with E-state index in [-0.39, 0.29) is 11.8 Å². The summed E-state index contributed by atoms with van der Waals surface area (Å²) in [7, 11) is 1.58. The number of rotatable bonds is 5. The van der Waals surface area contributed by atoms with Crippen LogP contribution in [0.25, 0.3) is 11.3 Å². The Morgan fingerprint density at radius 1 is 1.11 bits per heavy atom. The van der Waals surface area contributed by atoms with Gasteiger partial charge in [0, 0.05) is 75.8 Å². The molecule has 10 heteroatoms. The average Bonchev–Trinajstić information content (AvgIpc) is 2.96. The standard InChI is InChI=1S/C28H35N7O3/c1-18(36)34-11-7-23(33-21-8-12-38-13-9-21)22(17-34)27(29)35-10-3-4-19-14-25(32-16-26(19)35)20-5-6-24(31-15-20)28(37)30-2/h5-6,14-16,21,29,33H,3-4,7-13,17H2,1-2H3,(H,30,37). The second-order valence-electron chi connectivity index (χ2n) is 9.99. The molecule has 2 amide bonds. The molecule has 0 aromatic carbocycles. The van der Waals surface area contributed by atoms with Crippen LogP contribution in [0.5, 0.6) is 0 Å². The lowest BCUT2D eigenvalue weighted by atomic mass is 9.97. The molecule has 2 aromatic heterocycles. The Morgan fingerprint density at radius 2 is 1.92 bits per heavy atom. The zero-order valence-electron chi connectivity index (χ0n) is 22.0. The van der Waals surface area contributed by atoms with Gasteiger partial charge in [-0.25, -0.2) is 0 Å². The van der Waals surface area contributed by atoms with Crippen LogP contribution in [-0.4, -0.2) is 78.5 Å². The number of hydrogen-bond acceptors (Lipinski definition) is 7. The molecule has 0 spiro atoms. The van der Waals surface area contributed by atoms with Gasteiger partial charge in [-0.05, 0) is 49.4 Å². The molecule has 1 fully saturated rings. The lowest BCUT2D eigenvalue weighted by Crippen LogP contribution is -2.46. The van der Waals surface area contributed by atoms with Crippen molar-refractivity contribution in [2.24, 2.45) is 0 Å². The lowest BCUT2D eigenvalue weighted by Gasteiger charge is -2.38. The normalized spacial score (nSPS) is 18.2. The van der Waals surface area contributed by atoms with Crippen LogP contribution in [0.4, 0.5) is 5.69 Å². The molecule has 3 aliphatic rings. The van der Waals surface area contributed by atoms with Gasteiger partial charge in [0.1, 0.15) is 11.5 Å². The Kier molecular flexibility index (Phi) is 7.69. The highest BCUT2D eigenvalue weighted by Crippen LogP contribution is 2.32. The van der Waals surface area contributed by atoms with E-state index < -0.39 is 0 Å². The van der Waals surface area contributed by atoms with Crippen LogP contribution in [-0.2, 0) is 16.0 Å². The number of nitrogens with one attached hydrogen (secondary N) is 3. The largest absolute Gasteiger partial charge is 0.385 e. The summed E-state index contributed by atoms with van der Waals surface area (Å²) >= 11 is 0. The molecule has 0 unspecified atom stereocenters. The summed E-state index contributed by atoms with van der Waals surface area (Å²) < 4.78 is 5.52. The molecule has 3 N–H and O–H groups in total. The molecule has 1 saturated heterocycles. The predicted molar refractivity (Wildman–Crippen MR) is 145 cm³/mol. The van der Waals surface area contributed by atoms with E-state index in [9.17, 15) is 15.0 Å². The maximum atomic E-state index is 12.2. The number of carbonyl (C=O) groups is 2. The van der Waals surface area contributed by atoms with Crippen LogP contribution in [0.15, 0.2) is 41.9 Å². The van der Waals surface area contributed by atoms with E-state index in [4.69, 9.17) is 9.72 Å². The number of ether oxygens (including phenoxy) is 1. The summed E-state index contributed by atoms with van der Waals surface area (Å²) in [5.74, 6) is 0.231. The highest BCUT2D eigenvalue weighted by Gasteiger charge is 2.30. The van der Waals surface area contributed by atoms with Gasteiger partial charge in [-0.15, -0.1) is 0 Å². The van der Waals surface area contributed by atoms with E-state index in [0.29, 0.717) is 37.1 Å². The van der Waals surface area contributed by atoms with Crippen molar-refractivity contribution in [2.75, 3.05) is 44.8 Å². The third-order valence-electron chi connectivity index (χ3n) is 7.55. The smallest absolute Gasteiger partial charge is 0.269 e. The van der Waals surface area contributed by atoms with Crippen molar-refractivity contribution in [2.45, 2.75) is 45.1 Å². The first kappa shape index (κ1) is 25.8. The van der Waals surface area contributed by atoms with Crippen molar-refractivity contribution >= 4 is 23.3 Å². The van der Waals surface area contributed by atoms with Crippen LogP contribution in [0.3, 0.4) is 0 Å². The minimum absolute atomic E-state index is 0.0295. The summed E-state index contributed by atoms with van der Waals surface area (Å²) in [6.45, 7) is 4.90. The fourth-order valence-corrected chi connectivity index (χ4v) is 5.34. The number of anilines is 1. The molecule has 2 aromatic rings. The Bertz CT molecular complexity index is 1250. The Balaban J connectivity index is 1.42. The highest BCUT2D eigenvalue weighted by atomic mass is 16.5. The third-order valence-corrected chi connectivity index (χ3v) is 7.55. The molecule has 0 aliphatic carbocycles. The van der Waals surface area contributed by atoms with Crippen molar-refractivity contribution in [3.8, 4) is 11.3 Å². The average molecular weight is 518 g/mol. The molecule has 200 valence electrons. The SMILES string of the molecule is CNC(=O)c1ccc(-c2cc3c(cn2)N(C(=N)C2=C(NC4CCOCC4)CCN(C(C)=O)C2)CCC3)cn1. The zero-order chi connectivity index (χ0) is 26.6. The molecule has 38 heavy (non-hydrogen) atoms. The zero-order valence-corrected chi connectivity index (χ0v) is 22.0. The van der Waals surface area contributed by atoms with Gasteiger partial charge in [0.25, 0.3) is 5.91 Å². The third kappa shape index (κ3) is 5.40. The van der Waals surface area contributed by atoms with Crippen LogP contribution in [0.1, 0.15) is 48.7 Å². The summed E-state index contributed by atoms with van der Waals surface area (Å²) in [6.07, 6.45) is 7.91. The Labute approximate surface area is 223 Å². The van der Waals surface area contributed by atoms with Crippen LogP contribution < -0.4 is 15.5 Å². The summed E-state index contributed by atoms with van der Waals surface area (Å²) in [5.41, 5.74) is 5.98. The van der Waals surface area contributed by atoms with Crippen LogP contribution in [0, 0.1) is 5.41 Å². The number of aryl methyl sites for hydroxylation is 1. The molecule has 0 bridgehead atoms. The van der Waals surface area contributed by atoms with Crippen LogP contribution in [0.2, 0.25) is 0 Å². The monoisotopic (exact) mass is 517 g/mol. The molecule has 0 atom stereocenters. The van der Waals surface area contributed by atoms with Gasteiger partial charge in [-0.1, -0.05) is 0 Å². The topological polar surface area (TPSA) is 124 Å². The molecule has 5 heterocycles. The second kappa shape index (κ2) is 11.3. The molecular formula is C28H35N7O3. The van der Waals surface area contributed by atoms with Crippen molar-refractivity contribution < 1.29 is 14.3 Å². The molecule has 5 rings (SSSR count). The number of hydrogen-bond donors (Lipinski definition) is 3. The van der Waals surface area contributed by atoms with E-state index in [0.717, 1.165) is 79.2 Å². The summed E-state index contributed by atoms with van der Waals surface area (Å²) in [4.78, 5) is 36.9. The van der Waals surface area contributed by atoms with Gasteiger partial charge in [0.2, 0.25) is 5.91 Å². The van der Waals surface area contributed by atoms with Gasteiger partial charge in [-0.2, -0.15) is 0 Å². The molecule has 3 aliphatic heterocycles. The minimum Gasteiger partial charge on any atom is -0.385 e. The van der Waals surface area contributed by atoms with Gasteiger partial charge in [0.15, 0.2) is 0 Å². The van der Waals surface area contributed by atoms with E-state index in [1.54, 1.807) is 26.2 Å². The highest BCUT2D eigenvalue weighted by molar-refractivity contribution is 6.09. The van der Waals surface area contributed by atoms with Gasteiger partial charge in [-0.3, -0.25) is 25.0 Å². The first-order valence-corrected chi connectivity index (χ1v) is 13.3. The van der Waals surface area contributed by atoms with Crippen LogP contribution >= 0.6 is 0 Å². The fraction of sp³-hybridized carbons (Fsp3) is 0.464.